The molecule has 1 saturated carbocycles. The van der Waals surface area contributed by atoms with Crippen LogP contribution in [-0.4, -0.2) is 23.8 Å². The Kier molecular flexibility index (Phi) is 7.12. The standard InChI is InChI=1S/C17H30Cl2O2/c1-13(2)16-20-11-10-17(18,19)15(12-21-16)14-8-6-4-3-5-7-9-14/h13-16H,3-12H2,1-2H3. The molecule has 0 bridgehead atoms. The first-order chi connectivity index (χ1) is 10.0. The van der Waals surface area contributed by atoms with Gasteiger partial charge in [0.25, 0.3) is 0 Å². The Morgan fingerprint density at radius 3 is 2.19 bits per heavy atom. The van der Waals surface area contributed by atoms with Crippen LogP contribution >= 0.6 is 23.2 Å². The molecule has 2 nitrogen and oxygen atoms in total. The molecule has 0 aromatic rings. The highest BCUT2D eigenvalue weighted by Crippen LogP contribution is 2.44. The average molecular weight is 337 g/mol. The fourth-order valence-electron chi connectivity index (χ4n) is 3.62. The highest BCUT2D eigenvalue weighted by molar-refractivity contribution is 6.48. The third kappa shape index (κ3) is 5.27. The van der Waals surface area contributed by atoms with E-state index in [2.05, 4.69) is 13.8 Å². The molecule has 1 heterocycles. The second-order valence-corrected chi connectivity index (χ2v) is 8.58. The molecular weight excluding hydrogens is 307 g/mol. The molecule has 4 heteroatoms. The van der Waals surface area contributed by atoms with E-state index in [9.17, 15) is 0 Å². The summed E-state index contributed by atoms with van der Waals surface area (Å²) >= 11 is 13.4. The smallest absolute Gasteiger partial charge is 0.159 e. The highest BCUT2D eigenvalue weighted by Gasteiger charge is 2.41. The van der Waals surface area contributed by atoms with Crippen LogP contribution in [0.4, 0.5) is 0 Å². The molecule has 0 aromatic carbocycles. The van der Waals surface area contributed by atoms with E-state index in [1.807, 2.05) is 0 Å². The maximum absolute atomic E-state index is 6.68. The second kappa shape index (κ2) is 8.38. The van der Waals surface area contributed by atoms with Crippen molar-refractivity contribution in [3.05, 3.63) is 0 Å². The molecule has 1 aliphatic carbocycles. The van der Waals surface area contributed by atoms with Gasteiger partial charge in [-0.05, 0) is 18.8 Å². The van der Waals surface area contributed by atoms with Gasteiger partial charge in [0.05, 0.1) is 13.2 Å². The molecule has 124 valence electrons. The van der Waals surface area contributed by atoms with Gasteiger partial charge >= 0.3 is 0 Å². The summed E-state index contributed by atoms with van der Waals surface area (Å²) in [5, 5.41) is 0. The Balaban J connectivity index is 2.04. The number of alkyl halides is 2. The lowest BCUT2D eigenvalue weighted by Gasteiger charge is -2.40. The highest BCUT2D eigenvalue weighted by atomic mass is 35.5. The fraction of sp³-hybridized carbons (Fsp3) is 1.00. The van der Waals surface area contributed by atoms with Gasteiger partial charge in [-0.3, -0.25) is 0 Å². The van der Waals surface area contributed by atoms with E-state index >= 15 is 0 Å². The number of halogens is 2. The third-order valence-corrected chi connectivity index (χ3v) is 5.90. The van der Waals surface area contributed by atoms with Crippen LogP contribution in [0.1, 0.15) is 65.2 Å². The minimum Gasteiger partial charge on any atom is -0.352 e. The number of hydrogen-bond donors (Lipinski definition) is 0. The molecule has 2 aliphatic rings. The lowest BCUT2D eigenvalue weighted by atomic mass is 9.79. The van der Waals surface area contributed by atoms with Crippen LogP contribution < -0.4 is 0 Å². The number of hydrogen-bond acceptors (Lipinski definition) is 2. The maximum atomic E-state index is 6.68. The van der Waals surface area contributed by atoms with Gasteiger partial charge in [-0.25, -0.2) is 0 Å². The molecule has 0 radical (unpaired) electrons. The van der Waals surface area contributed by atoms with Gasteiger partial charge in [0.15, 0.2) is 6.29 Å². The van der Waals surface area contributed by atoms with Crippen molar-refractivity contribution in [1.29, 1.82) is 0 Å². The van der Waals surface area contributed by atoms with E-state index < -0.39 is 4.33 Å². The Morgan fingerprint density at radius 1 is 0.952 bits per heavy atom. The van der Waals surface area contributed by atoms with Crippen LogP contribution in [0.15, 0.2) is 0 Å². The van der Waals surface area contributed by atoms with E-state index in [-0.39, 0.29) is 12.2 Å². The number of ether oxygens (including phenoxy) is 2. The SMILES string of the molecule is CC(C)C1OCCC(Cl)(Cl)C(C2CCCCCCC2)CO1. The Morgan fingerprint density at radius 2 is 1.57 bits per heavy atom. The minimum absolute atomic E-state index is 0.120. The summed E-state index contributed by atoms with van der Waals surface area (Å²) in [5.74, 6) is 1.18. The van der Waals surface area contributed by atoms with Crippen molar-refractivity contribution >= 4 is 23.2 Å². The first-order valence-electron chi connectivity index (χ1n) is 8.62. The third-order valence-electron chi connectivity index (χ3n) is 4.96. The summed E-state index contributed by atoms with van der Waals surface area (Å²) in [5.41, 5.74) is 0. The molecule has 2 rings (SSSR count). The molecule has 1 saturated heterocycles. The summed E-state index contributed by atoms with van der Waals surface area (Å²) in [6.45, 7) is 5.47. The van der Waals surface area contributed by atoms with Crippen LogP contribution in [0, 0.1) is 17.8 Å². The van der Waals surface area contributed by atoms with Crippen molar-refractivity contribution in [2.45, 2.75) is 75.8 Å². The predicted molar refractivity (Wildman–Crippen MR) is 88.9 cm³/mol. The van der Waals surface area contributed by atoms with Crippen molar-refractivity contribution < 1.29 is 9.47 Å². The van der Waals surface area contributed by atoms with Gasteiger partial charge in [0.1, 0.15) is 4.33 Å². The van der Waals surface area contributed by atoms with Gasteiger partial charge in [0.2, 0.25) is 0 Å². The molecule has 1 aliphatic heterocycles. The zero-order valence-corrected chi connectivity index (χ0v) is 15.0. The van der Waals surface area contributed by atoms with Crippen molar-refractivity contribution in [3.8, 4) is 0 Å². The van der Waals surface area contributed by atoms with Gasteiger partial charge in [0, 0.05) is 18.3 Å². The zero-order valence-electron chi connectivity index (χ0n) is 13.5. The molecule has 2 atom stereocenters. The topological polar surface area (TPSA) is 18.5 Å². The lowest BCUT2D eigenvalue weighted by Crippen LogP contribution is -2.42. The molecule has 2 unspecified atom stereocenters. The van der Waals surface area contributed by atoms with E-state index in [1.165, 1.54) is 44.9 Å². The Hall–Kier alpha value is 0.500. The molecule has 2 fully saturated rings. The molecule has 0 N–H and O–H groups in total. The summed E-state index contributed by atoms with van der Waals surface area (Å²) in [6.07, 6.45) is 9.73. The molecule has 0 aromatic heterocycles. The maximum Gasteiger partial charge on any atom is 0.159 e. The molecular formula is C17H30Cl2O2. The number of rotatable bonds is 2. The van der Waals surface area contributed by atoms with Crippen LogP contribution in [0.25, 0.3) is 0 Å². The largest absolute Gasteiger partial charge is 0.352 e. The van der Waals surface area contributed by atoms with Gasteiger partial charge in [-0.15, -0.1) is 23.2 Å². The monoisotopic (exact) mass is 336 g/mol. The Labute approximate surface area is 139 Å². The zero-order chi connectivity index (χ0) is 15.3. The van der Waals surface area contributed by atoms with Crippen LogP contribution in [0.5, 0.6) is 0 Å². The first-order valence-corrected chi connectivity index (χ1v) is 9.37. The van der Waals surface area contributed by atoms with Gasteiger partial charge in [-0.2, -0.15) is 0 Å². The van der Waals surface area contributed by atoms with E-state index in [1.54, 1.807) is 0 Å². The van der Waals surface area contributed by atoms with Crippen molar-refractivity contribution in [2.75, 3.05) is 13.2 Å². The van der Waals surface area contributed by atoms with Gasteiger partial charge < -0.3 is 9.47 Å². The first kappa shape index (κ1) is 17.8. The van der Waals surface area contributed by atoms with E-state index in [4.69, 9.17) is 32.7 Å². The summed E-state index contributed by atoms with van der Waals surface area (Å²) in [6, 6.07) is 0. The van der Waals surface area contributed by atoms with Crippen LogP contribution in [0.2, 0.25) is 0 Å². The lowest BCUT2D eigenvalue weighted by molar-refractivity contribution is -0.188. The molecule has 21 heavy (non-hydrogen) atoms. The van der Waals surface area contributed by atoms with Crippen LogP contribution in [0.3, 0.4) is 0 Å². The summed E-state index contributed by atoms with van der Waals surface area (Å²) in [4.78, 5) is 0. The quantitative estimate of drug-likeness (QED) is 0.615. The predicted octanol–water partition coefficient (Wildman–Crippen LogP) is 5.56. The normalized spacial score (nSPS) is 33.0. The second-order valence-electron chi connectivity index (χ2n) is 7.04. The summed E-state index contributed by atoms with van der Waals surface area (Å²) in [7, 11) is 0. The minimum atomic E-state index is -0.716. The average Bonchev–Trinajstić information content (AvgIpc) is 2.36. The Bertz CT molecular complexity index is 299. The van der Waals surface area contributed by atoms with Crippen molar-refractivity contribution in [3.63, 3.8) is 0 Å². The van der Waals surface area contributed by atoms with E-state index in [0.29, 0.717) is 31.5 Å². The van der Waals surface area contributed by atoms with Crippen molar-refractivity contribution in [2.24, 2.45) is 17.8 Å². The molecule has 0 spiro atoms. The van der Waals surface area contributed by atoms with E-state index in [0.717, 1.165) is 0 Å². The van der Waals surface area contributed by atoms with Crippen molar-refractivity contribution in [1.82, 2.24) is 0 Å². The molecule has 0 amide bonds. The fourth-order valence-corrected chi connectivity index (χ4v) is 4.26. The summed E-state index contributed by atoms with van der Waals surface area (Å²) < 4.78 is 11.1. The van der Waals surface area contributed by atoms with Crippen LogP contribution in [-0.2, 0) is 9.47 Å². The van der Waals surface area contributed by atoms with Gasteiger partial charge in [-0.1, -0.05) is 46.0 Å².